The molecule has 0 amide bonds. The molecule has 0 saturated heterocycles. The van der Waals surface area contributed by atoms with Crippen LogP contribution in [0.2, 0.25) is 0 Å². The molecule has 1 unspecified atom stereocenters. The largest absolute Gasteiger partial charge is 0.338 e. The van der Waals surface area contributed by atoms with E-state index in [1.807, 2.05) is 12.1 Å². The minimum atomic E-state index is 0.458. The average molecular weight is 245 g/mol. The first-order chi connectivity index (χ1) is 8.69. The molecule has 0 fully saturated rings. The summed E-state index contributed by atoms with van der Waals surface area (Å²) in [5, 5.41) is 7.33. The van der Waals surface area contributed by atoms with Gasteiger partial charge in [0.25, 0.3) is 0 Å². The molecule has 0 bridgehead atoms. The summed E-state index contributed by atoms with van der Waals surface area (Å²) in [5.74, 6) is 1.28. The van der Waals surface area contributed by atoms with Crippen LogP contribution in [0.4, 0.5) is 0 Å². The van der Waals surface area contributed by atoms with Gasteiger partial charge in [-0.3, -0.25) is 0 Å². The van der Waals surface area contributed by atoms with E-state index in [9.17, 15) is 0 Å². The van der Waals surface area contributed by atoms with E-state index in [1.54, 1.807) is 0 Å². The van der Waals surface area contributed by atoms with Crippen molar-refractivity contribution in [1.82, 2.24) is 15.5 Å². The average Bonchev–Trinajstić information content (AvgIpc) is 2.84. The number of nitrogens with zero attached hydrogens (tertiary/aromatic N) is 2. The zero-order chi connectivity index (χ0) is 13.0. The van der Waals surface area contributed by atoms with Crippen LogP contribution in [0.3, 0.4) is 0 Å². The molecule has 1 aromatic carbocycles. The van der Waals surface area contributed by atoms with Gasteiger partial charge in [-0.15, -0.1) is 0 Å². The fraction of sp³-hybridized carbons (Fsp3) is 0.429. The van der Waals surface area contributed by atoms with Gasteiger partial charge in [0.1, 0.15) is 0 Å². The molecule has 1 atom stereocenters. The smallest absolute Gasteiger partial charge is 0.240 e. The summed E-state index contributed by atoms with van der Waals surface area (Å²) in [4.78, 5) is 4.39. The van der Waals surface area contributed by atoms with Crippen LogP contribution >= 0.6 is 0 Å². The second-order valence-electron chi connectivity index (χ2n) is 4.57. The Labute approximate surface area is 107 Å². The summed E-state index contributed by atoms with van der Waals surface area (Å²) < 4.78 is 5.23. The van der Waals surface area contributed by atoms with Crippen LogP contribution in [0.25, 0.3) is 11.4 Å². The molecule has 1 N–H and O–H groups in total. The molecular formula is C14H19N3O. The van der Waals surface area contributed by atoms with Crippen molar-refractivity contribution in [3.8, 4) is 11.4 Å². The highest BCUT2D eigenvalue weighted by atomic mass is 16.5. The fourth-order valence-electron chi connectivity index (χ4n) is 1.63. The zero-order valence-electron chi connectivity index (χ0n) is 11.1. The van der Waals surface area contributed by atoms with Gasteiger partial charge in [0.2, 0.25) is 11.7 Å². The lowest BCUT2D eigenvalue weighted by molar-refractivity contribution is 0.358. The first kappa shape index (κ1) is 12.8. The van der Waals surface area contributed by atoms with E-state index in [4.69, 9.17) is 4.52 Å². The number of benzene rings is 1. The van der Waals surface area contributed by atoms with E-state index in [0.717, 1.165) is 12.0 Å². The Morgan fingerprint density at radius 1 is 1.39 bits per heavy atom. The van der Waals surface area contributed by atoms with Gasteiger partial charge in [0.05, 0.1) is 6.54 Å². The lowest BCUT2D eigenvalue weighted by Gasteiger charge is -2.07. The Hall–Kier alpha value is -1.68. The number of hydrogen-bond donors (Lipinski definition) is 1. The SMILES string of the molecule is CCC(C)NCc1nc(-c2cccc(C)c2)no1. The zero-order valence-corrected chi connectivity index (χ0v) is 11.1. The van der Waals surface area contributed by atoms with Gasteiger partial charge < -0.3 is 9.84 Å². The predicted molar refractivity (Wildman–Crippen MR) is 71.1 cm³/mol. The fourth-order valence-corrected chi connectivity index (χ4v) is 1.63. The molecule has 1 aromatic heterocycles. The third-order valence-corrected chi connectivity index (χ3v) is 2.96. The number of aromatic nitrogens is 2. The van der Waals surface area contributed by atoms with Crippen LogP contribution in [-0.2, 0) is 6.54 Å². The summed E-state index contributed by atoms with van der Waals surface area (Å²) in [5.41, 5.74) is 2.19. The lowest BCUT2D eigenvalue weighted by Crippen LogP contribution is -2.24. The van der Waals surface area contributed by atoms with Gasteiger partial charge in [0.15, 0.2) is 0 Å². The Bertz CT molecular complexity index is 507. The molecule has 0 radical (unpaired) electrons. The molecule has 18 heavy (non-hydrogen) atoms. The Morgan fingerprint density at radius 2 is 2.22 bits per heavy atom. The minimum Gasteiger partial charge on any atom is -0.338 e. The first-order valence-corrected chi connectivity index (χ1v) is 6.32. The van der Waals surface area contributed by atoms with Crippen molar-refractivity contribution in [3.05, 3.63) is 35.7 Å². The van der Waals surface area contributed by atoms with Gasteiger partial charge >= 0.3 is 0 Å². The Morgan fingerprint density at radius 3 is 2.94 bits per heavy atom. The summed E-state index contributed by atoms with van der Waals surface area (Å²) in [7, 11) is 0. The highest BCUT2D eigenvalue weighted by Crippen LogP contribution is 2.16. The molecule has 4 nitrogen and oxygen atoms in total. The maximum absolute atomic E-state index is 5.23. The molecule has 4 heteroatoms. The highest BCUT2D eigenvalue weighted by Gasteiger charge is 2.09. The quantitative estimate of drug-likeness (QED) is 0.880. The van der Waals surface area contributed by atoms with Gasteiger partial charge in [-0.2, -0.15) is 4.98 Å². The summed E-state index contributed by atoms with van der Waals surface area (Å²) in [6.45, 7) is 6.95. The summed E-state index contributed by atoms with van der Waals surface area (Å²) in [6, 6.07) is 8.55. The number of rotatable bonds is 5. The Kier molecular flexibility index (Phi) is 4.10. The molecule has 0 aliphatic rings. The van der Waals surface area contributed by atoms with Crippen LogP contribution in [0.1, 0.15) is 31.7 Å². The first-order valence-electron chi connectivity index (χ1n) is 6.32. The second kappa shape index (κ2) is 5.78. The van der Waals surface area contributed by atoms with E-state index >= 15 is 0 Å². The molecule has 96 valence electrons. The van der Waals surface area contributed by atoms with Gasteiger partial charge in [-0.05, 0) is 26.3 Å². The lowest BCUT2D eigenvalue weighted by atomic mass is 10.1. The monoisotopic (exact) mass is 245 g/mol. The molecule has 2 aromatic rings. The molecule has 0 saturated carbocycles. The molecule has 0 aliphatic heterocycles. The van der Waals surface area contributed by atoms with Crippen LogP contribution < -0.4 is 5.32 Å². The highest BCUT2D eigenvalue weighted by molar-refractivity contribution is 5.55. The molecule has 0 aliphatic carbocycles. The van der Waals surface area contributed by atoms with E-state index in [2.05, 4.69) is 48.4 Å². The van der Waals surface area contributed by atoms with Crippen molar-refractivity contribution >= 4 is 0 Å². The number of hydrogen-bond acceptors (Lipinski definition) is 4. The normalized spacial score (nSPS) is 12.6. The van der Waals surface area contributed by atoms with Gasteiger partial charge in [-0.1, -0.05) is 35.8 Å². The van der Waals surface area contributed by atoms with Crippen molar-refractivity contribution in [2.75, 3.05) is 0 Å². The molecular weight excluding hydrogens is 226 g/mol. The van der Waals surface area contributed by atoms with E-state index in [0.29, 0.717) is 24.3 Å². The molecule has 1 heterocycles. The third-order valence-electron chi connectivity index (χ3n) is 2.96. The molecule has 2 rings (SSSR count). The maximum atomic E-state index is 5.23. The number of nitrogens with one attached hydrogen (secondary N) is 1. The van der Waals surface area contributed by atoms with Crippen molar-refractivity contribution in [1.29, 1.82) is 0 Å². The van der Waals surface area contributed by atoms with Crippen LogP contribution in [0, 0.1) is 6.92 Å². The third kappa shape index (κ3) is 3.17. The summed E-state index contributed by atoms with van der Waals surface area (Å²) >= 11 is 0. The van der Waals surface area contributed by atoms with Crippen LogP contribution in [0.15, 0.2) is 28.8 Å². The predicted octanol–water partition coefficient (Wildman–Crippen LogP) is 2.93. The van der Waals surface area contributed by atoms with E-state index in [-0.39, 0.29) is 0 Å². The van der Waals surface area contributed by atoms with Crippen molar-refractivity contribution in [2.24, 2.45) is 0 Å². The van der Waals surface area contributed by atoms with Gasteiger partial charge in [0, 0.05) is 11.6 Å². The molecule has 0 spiro atoms. The van der Waals surface area contributed by atoms with Crippen LogP contribution in [-0.4, -0.2) is 16.2 Å². The van der Waals surface area contributed by atoms with Crippen molar-refractivity contribution in [3.63, 3.8) is 0 Å². The van der Waals surface area contributed by atoms with Crippen molar-refractivity contribution < 1.29 is 4.52 Å². The van der Waals surface area contributed by atoms with Crippen molar-refractivity contribution in [2.45, 2.75) is 39.8 Å². The standard InChI is InChI=1S/C14H19N3O/c1-4-11(3)15-9-13-16-14(17-18-13)12-7-5-6-10(2)8-12/h5-8,11,15H,4,9H2,1-3H3. The van der Waals surface area contributed by atoms with Crippen LogP contribution in [0.5, 0.6) is 0 Å². The Balaban J connectivity index is 2.06. The van der Waals surface area contributed by atoms with E-state index in [1.165, 1.54) is 5.56 Å². The van der Waals surface area contributed by atoms with Gasteiger partial charge in [-0.25, -0.2) is 0 Å². The second-order valence-corrected chi connectivity index (χ2v) is 4.57. The summed E-state index contributed by atoms with van der Waals surface area (Å²) in [6.07, 6.45) is 1.08. The maximum Gasteiger partial charge on any atom is 0.240 e. The minimum absolute atomic E-state index is 0.458. The van der Waals surface area contributed by atoms with E-state index < -0.39 is 0 Å². The topological polar surface area (TPSA) is 51.0 Å². The number of aryl methyl sites for hydroxylation is 1.